The van der Waals surface area contributed by atoms with Crippen LogP contribution >= 0.6 is 0 Å². The summed E-state index contributed by atoms with van der Waals surface area (Å²) in [6.45, 7) is 2.07. The number of hydrogen-bond donors (Lipinski definition) is 2. The number of aromatic nitrogens is 2. The molecular formula is C15H20N4O. The molecule has 0 saturated heterocycles. The summed E-state index contributed by atoms with van der Waals surface area (Å²) in [5.41, 5.74) is 2.01. The van der Waals surface area contributed by atoms with Gasteiger partial charge in [-0.15, -0.1) is 0 Å². The van der Waals surface area contributed by atoms with Crippen molar-refractivity contribution in [3.63, 3.8) is 0 Å². The van der Waals surface area contributed by atoms with Gasteiger partial charge in [0.25, 0.3) is 0 Å². The molecule has 1 aromatic carbocycles. The molecule has 2 aromatic rings. The Morgan fingerprint density at radius 1 is 1.35 bits per heavy atom. The van der Waals surface area contributed by atoms with Gasteiger partial charge in [0.2, 0.25) is 5.91 Å². The van der Waals surface area contributed by atoms with Crippen LogP contribution in [0.4, 0.5) is 5.69 Å². The Balaban J connectivity index is 2.00. The van der Waals surface area contributed by atoms with Gasteiger partial charge >= 0.3 is 0 Å². The zero-order valence-corrected chi connectivity index (χ0v) is 12.1. The van der Waals surface area contributed by atoms with Crippen LogP contribution in [0, 0.1) is 0 Å². The van der Waals surface area contributed by atoms with E-state index in [1.807, 2.05) is 42.1 Å². The van der Waals surface area contributed by atoms with Gasteiger partial charge in [-0.1, -0.05) is 12.1 Å². The van der Waals surface area contributed by atoms with Gasteiger partial charge in [-0.05, 0) is 24.6 Å². The molecule has 1 aromatic heterocycles. The molecule has 106 valence electrons. The quantitative estimate of drug-likeness (QED) is 0.873. The molecule has 0 aliphatic rings. The number of nitrogens with zero attached hydrogens (tertiary/aromatic N) is 2. The Morgan fingerprint density at radius 2 is 2.05 bits per heavy atom. The fourth-order valence-corrected chi connectivity index (χ4v) is 2.10. The number of benzene rings is 1. The molecule has 0 aliphatic carbocycles. The van der Waals surface area contributed by atoms with Gasteiger partial charge in [-0.2, -0.15) is 0 Å². The van der Waals surface area contributed by atoms with Gasteiger partial charge in [0.05, 0.1) is 12.5 Å². The van der Waals surface area contributed by atoms with Crippen molar-refractivity contribution in [1.29, 1.82) is 0 Å². The maximum absolute atomic E-state index is 11.3. The lowest BCUT2D eigenvalue weighted by Crippen LogP contribution is -2.19. The van der Waals surface area contributed by atoms with E-state index in [-0.39, 0.29) is 11.9 Å². The molecule has 1 atom stereocenters. The van der Waals surface area contributed by atoms with Gasteiger partial charge in [0.1, 0.15) is 5.82 Å². The molecule has 0 saturated carbocycles. The van der Waals surface area contributed by atoms with E-state index in [0.717, 1.165) is 17.1 Å². The molecule has 1 amide bonds. The van der Waals surface area contributed by atoms with Gasteiger partial charge in [-0.25, -0.2) is 4.98 Å². The number of anilines is 1. The fraction of sp³-hybridized carbons (Fsp3) is 0.333. The standard InChI is InChI=1S/C15H20N4O/c1-11(15-17-8-9-19(15)3)18-13-6-4-12(5-7-13)10-14(20)16-2/h4-9,11,18H,10H2,1-3H3,(H,16,20). The van der Waals surface area contributed by atoms with Crippen LogP contribution in [0.3, 0.4) is 0 Å². The van der Waals surface area contributed by atoms with E-state index >= 15 is 0 Å². The lowest BCUT2D eigenvalue weighted by atomic mass is 10.1. The summed E-state index contributed by atoms with van der Waals surface area (Å²) >= 11 is 0. The molecule has 1 heterocycles. The summed E-state index contributed by atoms with van der Waals surface area (Å²) in [5, 5.41) is 6.02. The van der Waals surface area contributed by atoms with Crippen molar-refractivity contribution in [1.82, 2.24) is 14.9 Å². The monoisotopic (exact) mass is 272 g/mol. The molecular weight excluding hydrogens is 252 g/mol. The zero-order valence-electron chi connectivity index (χ0n) is 12.1. The summed E-state index contributed by atoms with van der Waals surface area (Å²) in [6.07, 6.45) is 4.13. The predicted molar refractivity (Wildman–Crippen MR) is 79.5 cm³/mol. The van der Waals surface area contributed by atoms with Crippen molar-refractivity contribution >= 4 is 11.6 Å². The minimum atomic E-state index is 0.0205. The average Bonchev–Trinajstić information content (AvgIpc) is 2.87. The summed E-state index contributed by atoms with van der Waals surface area (Å²) < 4.78 is 2.00. The van der Waals surface area contributed by atoms with Gasteiger partial charge < -0.3 is 15.2 Å². The molecule has 1 unspecified atom stereocenters. The van der Waals surface area contributed by atoms with Crippen molar-refractivity contribution in [2.24, 2.45) is 7.05 Å². The molecule has 0 fully saturated rings. The van der Waals surface area contributed by atoms with Crippen LogP contribution in [0.15, 0.2) is 36.7 Å². The first kappa shape index (κ1) is 14.1. The van der Waals surface area contributed by atoms with Crippen molar-refractivity contribution < 1.29 is 4.79 Å². The van der Waals surface area contributed by atoms with Crippen molar-refractivity contribution in [3.05, 3.63) is 48.0 Å². The van der Waals surface area contributed by atoms with Gasteiger partial charge in [0.15, 0.2) is 0 Å². The molecule has 5 nitrogen and oxygen atoms in total. The number of carbonyl (C=O) groups excluding carboxylic acids is 1. The van der Waals surface area contributed by atoms with Gasteiger partial charge in [0, 0.05) is 32.2 Å². The number of hydrogen-bond acceptors (Lipinski definition) is 3. The Hall–Kier alpha value is -2.30. The fourth-order valence-electron chi connectivity index (χ4n) is 2.10. The molecule has 2 rings (SSSR count). The van der Waals surface area contributed by atoms with Gasteiger partial charge in [-0.3, -0.25) is 4.79 Å². The van der Waals surface area contributed by atoms with Crippen LogP contribution in [0.25, 0.3) is 0 Å². The van der Waals surface area contributed by atoms with Crippen LogP contribution in [0.1, 0.15) is 24.4 Å². The van der Waals surface area contributed by atoms with Crippen LogP contribution in [0.5, 0.6) is 0 Å². The number of nitrogens with one attached hydrogen (secondary N) is 2. The van der Waals surface area contributed by atoms with E-state index in [2.05, 4.69) is 22.5 Å². The predicted octanol–water partition coefficient (Wildman–Crippen LogP) is 1.88. The maximum Gasteiger partial charge on any atom is 0.224 e. The molecule has 5 heteroatoms. The Morgan fingerprint density at radius 3 is 2.60 bits per heavy atom. The van der Waals surface area contributed by atoms with E-state index < -0.39 is 0 Å². The lowest BCUT2D eigenvalue weighted by molar-refractivity contribution is -0.119. The Kier molecular flexibility index (Phi) is 4.40. The third kappa shape index (κ3) is 3.38. The van der Waals surface area contributed by atoms with E-state index in [0.29, 0.717) is 6.42 Å². The zero-order chi connectivity index (χ0) is 14.5. The third-order valence-electron chi connectivity index (χ3n) is 3.23. The number of likely N-dealkylation sites (N-methyl/N-ethyl adjacent to an activating group) is 1. The first-order valence-electron chi connectivity index (χ1n) is 6.63. The molecule has 0 radical (unpaired) electrons. The highest BCUT2D eigenvalue weighted by Gasteiger charge is 2.09. The molecule has 2 N–H and O–H groups in total. The van der Waals surface area contributed by atoms with Crippen LogP contribution < -0.4 is 10.6 Å². The number of imidazole rings is 1. The first-order chi connectivity index (χ1) is 9.60. The van der Waals surface area contributed by atoms with E-state index in [4.69, 9.17) is 0 Å². The second kappa shape index (κ2) is 6.23. The summed E-state index contributed by atoms with van der Waals surface area (Å²) in [7, 11) is 3.62. The normalized spacial score (nSPS) is 11.9. The molecule has 0 aliphatic heterocycles. The highest BCUT2D eigenvalue weighted by atomic mass is 16.1. The van der Waals surface area contributed by atoms with E-state index in [1.165, 1.54) is 0 Å². The Labute approximate surface area is 119 Å². The minimum absolute atomic E-state index is 0.0205. The van der Waals surface area contributed by atoms with Crippen LogP contribution in [-0.4, -0.2) is 22.5 Å². The van der Waals surface area contributed by atoms with E-state index in [9.17, 15) is 4.79 Å². The molecule has 0 spiro atoms. The lowest BCUT2D eigenvalue weighted by Gasteiger charge is -2.15. The summed E-state index contributed by atoms with van der Waals surface area (Å²) in [4.78, 5) is 15.6. The van der Waals surface area contributed by atoms with E-state index in [1.54, 1.807) is 13.2 Å². The number of rotatable bonds is 5. The molecule has 0 bridgehead atoms. The summed E-state index contributed by atoms with van der Waals surface area (Å²) in [5.74, 6) is 1.01. The Bertz CT molecular complexity index is 574. The maximum atomic E-state index is 11.3. The number of amides is 1. The largest absolute Gasteiger partial charge is 0.375 e. The summed E-state index contributed by atoms with van der Waals surface area (Å²) in [6, 6.07) is 8.01. The van der Waals surface area contributed by atoms with Crippen LogP contribution in [0.2, 0.25) is 0 Å². The highest BCUT2D eigenvalue weighted by molar-refractivity contribution is 5.78. The number of carbonyl (C=O) groups is 1. The number of aryl methyl sites for hydroxylation is 1. The van der Waals surface area contributed by atoms with Crippen molar-refractivity contribution in [2.45, 2.75) is 19.4 Å². The second-order valence-corrected chi connectivity index (χ2v) is 4.81. The molecule has 20 heavy (non-hydrogen) atoms. The first-order valence-corrected chi connectivity index (χ1v) is 6.63. The smallest absolute Gasteiger partial charge is 0.224 e. The SMILES string of the molecule is CNC(=O)Cc1ccc(NC(C)c2nccn2C)cc1. The second-order valence-electron chi connectivity index (χ2n) is 4.81. The van der Waals surface area contributed by atoms with Crippen LogP contribution in [-0.2, 0) is 18.3 Å². The minimum Gasteiger partial charge on any atom is -0.375 e. The topological polar surface area (TPSA) is 59.0 Å². The van der Waals surface area contributed by atoms with Crippen molar-refractivity contribution in [3.8, 4) is 0 Å². The highest BCUT2D eigenvalue weighted by Crippen LogP contribution is 2.18. The van der Waals surface area contributed by atoms with Crippen molar-refractivity contribution in [2.75, 3.05) is 12.4 Å². The average molecular weight is 272 g/mol. The third-order valence-corrected chi connectivity index (χ3v) is 3.23.